The maximum absolute atomic E-state index is 12.4. The first-order valence-corrected chi connectivity index (χ1v) is 6.35. The van der Waals surface area contributed by atoms with Crippen LogP contribution in [-0.4, -0.2) is 49.4 Å². The van der Waals surface area contributed by atoms with E-state index in [-0.39, 0.29) is 31.5 Å². The van der Waals surface area contributed by atoms with Crippen molar-refractivity contribution < 1.29 is 19.1 Å². The van der Waals surface area contributed by atoms with E-state index in [1.54, 1.807) is 38.2 Å². The summed E-state index contributed by atoms with van der Waals surface area (Å²) < 4.78 is 4.83. The maximum atomic E-state index is 12.4. The number of amides is 2. The standard InChI is InChI=1S/C14H16N2O4/c1-3-20-13(18)9-16-8-12(17)15(2)11-7-5-4-6-10(11)14(16)19/h4-7H,3,8-9H2,1-2H3. The highest BCUT2D eigenvalue weighted by Crippen LogP contribution is 2.24. The number of anilines is 1. The smallest absolute Gasteiger partial charge is 0.325 e. The summed E-state index contributed by atoms with van der Waals surface area (Å²) in [6, 6.07) is 6.84. The van der Waals surface area contributed by atoms with Crippen molar-refractivity contribution in [2.45, 2.75) is 6.92 Å². The van der Waals surface area contributed by atoms with Gasteiger partial charge >= 0.3 is 5.97 Å². The van der Waals surface area contributed by atoms with E-state index in [9.17, 15) is 14.4 Å². The van der Waals surface area contributed by atoms with Crippen LogP contribution < -0.4 is 4.90 Å². The van der Waals surface area contributed by atoms with Crippen molar-refractivity contribution in [3.05, 3.63) is 29.8 Å². The van der Waals surface area contributed by atoms with Crippen molar-refractivity contribution in [2.24, 2.45) is 0 Å². The first-order valence-electron chi connectivity index (χ1n) is 6.35. The first kappa shape index (κ1) is 14.0. The Morgan fingerprint density at radius 1 is 1.30 bits per heavy atom. The highest BCUT2D eigenvalue weighted by Gasteiger charge is 2.30. The zero-order valence-electron chi connectivity index (χ0n) is 11.5. The molecule has 20 heavy (non-hydrogen) atoms. The number of rotatable bonds is 3. The Balaban J connectivity index is 2.32. The van der Waals surface area contributed by atoms with E-state index >= 15 is 0 Å². The lowest BCUT2D eigenvalue weighted by Crippen LogP contribution is -2.41. The molecule has 0 radical (unpaired) electrons. The first-order chi connectivity index (χ1) is 9.54. The molecule has 1 aromatic rings. The second kappa shape index (κ2) is 5.73. The zero-order chi connectivity index (χ0) is 14.7. The highest BCUT2D eigenvalue weighted by molar-refractivity contribution is 6.10. The maximum Gasteiger partial charge on any atom is 0.325 e. The van der Waals surface area contributed by atoms with Crippen LogP contribution >= 0.6 is 0 Å². The van der Waals surface area contributed by atoms with Gasteiger partial charge in [0.25, 0.3) is 5.91 Å². The number of carbonyl (C=O) groups is 3. The monoisotopic (exact) mass is 276 g/mol. The van der Waals surface area contributed by atoms with Gasteiger partial charge in [-0.15, -0.1) is 0 Å². The van der Waals surface area contributed by atoms with E-state index in [1.807, 2.05) is 0 Å². The van der Waals surface area contributed by atoms with E-state index in [0.29, 0.717) is 11.3 Å². The molecular formula is C14H16N2O4. The van der Waals surface area contributed by atoms with E-state index < -0.39 is 5.97 Å². The summed E-state index contributed by atoms with van der Waals surface area (Å²) in [4.78, 5) is 38.6. The molecule has 1 heterocycles. The number of para-hydroxylation sites is 1. The predicted octanol–water partition coefficient (Wildman–Crippen LogP) is 0.668. The van der Waals surface area contributed by atoms with Crippen LogP contribution in [0.1, 0.15) is 17.3 Å². The van der Waals surface area contributed by atoms with Gasteiger partial charge in [-0.1, -0.05) is 12.1 Å². The highest BCUT2D eigenvalue weighted by atomic mass is 16.5. The van der Waals surface area contributed by atoms with Gasteiger partial charge in [-0.2, -0.15) is 0 Å². The molecule has 0 unspecified atom stereocenters. The lowest BCUT2D eigenvalue weighted by molar-refractivity contribution is -0.143. The van der Waals surface area contributed by atoms with Gasteiger partial charge < -0.3 is 14.5 Å². The Kier molecular flexibility index (Phi) is 4.02. The number of ether oxygens (including phenoxy) is 1. The van der Waals surface area contributed by atoms with E-state index in [0.717, 1.165) is 0 Å². The van der Waals surface area contributed by atoms with Crippen LogP contribution in [0.2, 0.25) is 0 Å². The fourth-order valence-corrected chi connectivity index (χ4v) is 2.08. The summed E-state index contributed by atoms with van der Waals surface area (Å²) in [5, 5.41) is 0. The van der Waals surface area contributed by atoms with Crippen LogP contribution in [0.5, 0.6) is 0 Å². The average Bonchev–Trinajstić information content (AvgIpc) is 2.52. The molecule has 0 N–H and O–H groups in total. The van der Waals surface area contributed by atoms with Gasteiger partial charge in [0, 0.05) is 7.05 Å². The molecule has 6 heteroatoms. The van der Waals surface area contributed by atoms with Crippen LogP contribution in [0.15, 0.2) is 24.3 Å². The molecule has 0 aliphatic carbocycles. The number of hydrogen-bond donors (Lipinski definition) is 0. The molecular weight excluding hydrogens is 260 g/mol. The number of fused-ring (bicyclic) bond motifs is 1. The predicted molar refractivity (Wildman–Crippen MR) is 72.4 cm³/mol. The minimum Gasteiger partial charge on any atom is -0.465 e. The number of carbonyl (C=O) groups excluding carboxylic acids is 3. The minimum atomic E-state index is -0.518. The summed E-state index contributed by atoms with van der Waals surface area (Å²) >= 11 is 0. The van der Waals surface area contributed by atoms with E-state index in [1.165, 1.54) is 9.80 Å². The van der Waals surface area contributed by atoms with Crippen molar-refractivity contribution in [1.29, 1.82) is 0 Å². The molecule has 0 bridgehead atoms. The molecule has 0 atom stereocenters. The van der Waals surface area contributed by atoms with Gasteiger partial charge in [0.1, 0.15) is 13.1 Å². The third-order valence-electron chi connectivity index (χ3n) is 3.11. The SMILES string of the molecule is CCOC(=O)CN1CC(=O)N(C)c2ccccc2C1=O. The fraction of sp³-hybridized carbons (Fsp3) is 0.357. The minimum absolute atomic E-state index is 0.136. The normalized spacial score (nSPS) is 14.9. The van der Waals surface area contributed by atoms with Crippen molar-refractivity contribution in [2.75, 3.05) is 31.6 Å². The molecule has 0 fully saturated rings. The van der Waals surface area contributed by atoms with Gasteiger partial charge in [-0.3, -0.25) is 14.4 Å². The van der Waals surface area contributed by atoms with Crippen LogP contribution in [0.25, 0.3) is 0 Å². The summed E-state index contributed by atoms with van der Waals surface area (Å²) in [5.74, 6) is -1.10. The van der Waals surface area contributed by atoms with Crippen molar-refractivity contribution in [3.8, 4) is 0 Å². The van der Waals surface area contributed by atoms with E-state index in [2.05, 4.69) is 0 Å². The largest absolute Gasteiger partial charge is 0.465 e. The number of esters is 1. The molecule has 106 valence electrons. The number of nitrogens with zero attached hydrogens (tertiary/aromatic N) is 2. The second-order valence-corrected chi connectivity index (χ2v) is 4.44. The van der Waals surface area contributed by atoms with Gasteiger partial charge in [-0.05, 0) is 19.1 Å². The summed E-state index contributed by atoms with van der Waals surface area (Å²) in [6.45, 7) is 1.57. The molecule has 6 nitrogen and oxygen atoms in total. The average molecular weight is 276 g/mol. The van der Waals surface area contributed by atoms with Crippen LogP contribution in [0, 0.1) is 0 Å². The third kappa shape index (κ3) is 2.64. The summed E-state index contributed by atoms with van der Waals surface area (Å²) in [7, 11) is 1.61. The summed E-state index contributed by atoms with van der Waals surface area (Å²) in [5.41, 5.74) is 0.957. The quantitative estimate of drug-likeness (QED) is 0.761. The van der Waals surface area contributed by atoms with Gasteiger partial charge in [0.15, 0.2) is 0 Å². The van der Waals surface area contributed by atoms with Crippen molar-refractivity contribution in [1.82, 2.24) is 4.90 Å². The van der Waals surface area contributed by atoms with Crippen molar-refractivity contribution >= 4 is 23.5 Å². The fourth-order valence-electron chi connectivity index (χ4n) is 2.08. The Labute approximate surface area is 116 Å². The molecule has 1 aromatic carbocycles. The Morgan fingerprint density at radius 2 is 2.00 bits per heavy atom. The molecule has 0 saturated heterocycles. The van der Waals surface area contributed by atoms with E-state index in [4.69, 9.17) is 4.74 Å². The molecule has 2 rings (SSSR count). The Morgan fingerprint density at radius 3 is 2.70 bits per heavy atom. The number of likely N-dealkylation sites (N-methyl/N-ethyl adjacent to an activating group) is 1. The molecule has 0 spiro atoms. The van der Waals surface area contributed by atoms with Gasteiger partial charge in [0.05, 0.1) is 17.9 Å². The lowest BCUT2D eigenvalue weighted by Gasteiger charge is -2.18. The molecule has 0 saturated carbocycles. The number of benzene rings is 1. The summed E-state index contributed by atoms with van der Waals surface area (Å²) in [6.07, 6.45) is 0. The molecule has 1 aliphatic heterocycles. The third-order valence-corrected chi connectivity index (χ3v) is 3.11. The zero-order valence-corrected chi connectivity index (χ0v) is 11.5. The van der Waals surface area contributed by atoms with Gasteiger partial charge in [0.2, 0.25) is 5.91 Å². The van der Waals surface area contributed by atoms with Crippen LogP contribution in [0.3, 0.4) is 0 Å². The lowest BCUT2D eigenvalue weighted by atomic mass is 10.1. The molecule has 2 amide bonds. The topological polar surface area (TPSA) is 66.9 Å². The Hall–Kier alpha value is -2.37. The van der Waals surface area contributed by atoms with Crippen LogP contribution in [-0.2, 0) is 14.3 Å². The molecule has 0 aromatic heterocycles. The van der Waals surface area contributed by atoms with Gasteiger partial charge in [-0.25, -0.2) is 0 Å². The number of hydrogen-bond acceptors (Lipinski definition) is 4. The second-order valence-electron chi connectivity index (χ2n) is 4.44. The van der Waals surface area contributed by atoms with Crippen LogP contribution in [0.4, 0.5) is 5.69 Å². The van der Waals surface area contributed by atoms with Crippen molar-refractivity contribution in [3.63, 3.8) is 0 Å². The Bertz CT molecular complexity index is 556. The molecule has 1 aliphatic rings.